The number of amides is 2. The summed E-state index contributed by atoms with van der Waals surface area (Å²) in [4.78, 5) is 36.7. The Bertz CT molecular complexity index is 1610. The van der Waals surface area contributed by atoms with E-state index >= 15 is 0 Å². The summed E-state index contributed by atoms with van der Waals surface area (Å²) in [6.07, 6.45) is -2.23. The summed E-state index contributed by atoms with van der Waals surface area (Å²) in [5.74, 6) is 0.406. The molecule has 0 aliphatic carbocycles. The van der Waals surface area contributed by atoms with Crippen molar-refractivity contribution in [2.75, 3.05) is 6.54 Å². The van der Waals surface area contributed by atoms with Gasteiger partial charge in [0.15, 0.2) is 5.78 Å². The van der Waals surface area contributed by atoms with Crippen LogP contribution in [-0.2, 0) is 25.6 Å². The number of ketones is 1. The number of aryl methyl sites for hydroxylation is 1. The van der Waals surface area contributed by atoms with Gasteiger partial charge in [0.2, 0.25) is 11.7 Å². The molecule has 0 saturated carbocycles. The van der Waals surface area contributed by atoms with Gasteiger partial charge in [0.25, 0.3) is 0 Å². The Hall–Kier alpha value is -4.54. The zero-order valence-corrected chi connectivity index (χ0v) is 23.5. The summed E-state index contributed by atoms with van der Waals surface area (Å²) in [6, 6.07) is 13.5. The summed E-state index contributed by atoms with van der Waals surface area (Å²) in [5.41, 5.74) is 2.15. The molecular formula is C31H30F3N5O3. The van der Waals surface area contributed by atoms with Crippen LogP contribution >= 0.6 is 0 Å². The SMILES string of the molecule is CC(C)(C)NC(=O)N1CCc2c(-c3cccc(C(F)(F)F)c3)ccc(C(=O)CCc3nc(-c4ccccn4)no3)c2C1. The predicted octanol–water partition coefficient (Wildman–Crippen LogP) is 6.50. The molecule has 2 amide bonds. The summed E-state index contributed by atoms with van der Waals surface area (Å²) < 4.78 is 45.7. The van der Waals surface area contributed by atoms with Gasteiger partial charge in [-0.15, -0.1) is 0 Å². The Morgan fingerprint density at radius 3 is 2.55 bits per heavy atom. The number of nitrogens with one attached hydrogen (secondary N) is 1. The lowest BCUT2D eigenvalue weighted by Gasteiger charge is -2.34. The summed E-state index contributed by atoms with van der Waals surface area (Å²) in [7, 11) is 0. The lowest BCUT2D eigenvalue weighted by atomic mass is 9.85. The van der Waals surface area contributed by atoms with Crippen LogP contribution in [0.5, 0.6) is 0 Å². The average molecular weight is 578 g/mol. The number of benzene rings is 2. The highest BCUT2D eigenvalue weighted by molar-refractivity contribution is 5.99. The Kier molecular flexibility index (Phi) is 7.85. The highest BCUT2D eigenvalue weighted by Gasteiger charge is 2.32. The molecule has 11 heteroatoms. The smallest absolute Gasteiger partial charge is 0.339 e. The van der Waals surface area contributed by atoms with Crippen molar-refractivity contribution in [3.8, 4) is 22.6 Å². The number of hydrogen-bond acceptors (Lipinski definition) is 6. The number of halogens is 3. The van der Waals surface area contributed by atoms with Crippen molar-refractivity contribution >= 4 is 11.8 Å². The largest absolute Gasteiger partial charge is 0.416 e. The van der Waals surface area contributed by atoms with E-state index < -0.39 is 17.3 Å². The van der Waals surface area contributed by atoms with Crippen molar-refractivity contribution in [3.05, 3.63) is 88.9 Å². The Morgan fingerprint density at radius 1 is 1.02 bits per heavy atom. The number of carbonyl (C=O) groups is 2. The van der Waals surface area contributed by atoms with Gasteiger partial charge in [0.05, 0.1) is 5.56 Å². The molecule has 0 atom stereocenters. The van der Waals surface area contributed by atoms with Crippen LogP contribution in [0.25, 0.3) is 22.6 Å². The predicted molar refractivity (Wildman–Crippen MR) is 149 cm³/mol. The van der Waals surface area contributed by atoms with Gasteiger partial charge in [-0.2, -0.15) is 18.2 Å². The van der Waals surface area contributed by atoms with Crippen LogP contribution in [0.3, 0.4) is 0 Å². The molecule has 1 aliphatic heterocycles. The number of alkyl halides is 3. The number of carbonyl (C=O) groups excluding carboxylic acids is 2. The number of urea groups is 1. The summed E-state index contributed by atoms with van der Waals surface area (Å²) in [5, 5.41) is 6.89. The topological polar surface area (TPSA) is 101 Å². The zero-order valence-electron chi connectivity index (χ0n) is 23.5. The first kappa shape index (κ1) is 29.0. The quantitative estimate of drug-likeness (QED) is 0.263. The van der Waals surface area contributed by atoms with Gasteiger partial charge in [-0.3, -0.25) is 9.78 Å². The van der Waals surface area contributed by atoms with Gasteiger partial charge in [-0.25, -0.2) is 4.79 Å². The van der Waals surface area contributed by atoms with Crippen LogP contribution in [0.2, 0.25) is 0 Å². The van der Waals surface area contributed by atoms with Gasteiger partial charge < -0.3 is 14.7 Å². The number of fused-ring (bicyclic) bond motifs is 1. The lowest BCUT2D eigenvalue weighted by molar-refractivity contribution is -0.137. The van der Waals surface area contributed by atoms with E-state index in [0.717, 1.165) is 17.7 Å². The highest BCUT2D eigenvalue weighted by Crippen LogP contribution is 2.37. The molecule has 42 heavy (non-hydrogen) atoms. The van der Waals surface area contributed by atoms with E-state index in [1.54, 1.807) is 47.5 Å². The molecule has 218 valence electrons. The Balaban J connectivity index is 1.45. The van der Waals surface area contributed by atoms with Crippen molar-refractivity contribution in [1.29, 1.82) is 0 Å². The summed E-state index contributed by atoms with van der Waals surface area (Å²) in [6.45, 7) is 6.13. The molecule has 0 radical (unpaired) electrons. The van der Waals surface area contributed by atoms with Crippen molar-refractivity contribution < 1.29 is 27.3 Å². The monoisotopic (exact) mass is 577 g/mol. The molecular weight excluding hydrogens is 547 g/mol. The molecule has 2 aromatic carbocycles. The second-order valence-corrected chi connectivity index (χ2v) is 11.2. The molecule has 2 aromatic heterocycles. The molecule has 0 bridgehead atoms. The molecule has 3 heterocycles. The lowest BCUT2D eigenvalue weighted by Crippen LogP contribution is -2.50. The third-order valence-electron chi connectivity index (χ3n) is 6.91. The molecule has 1 aliphatic rings. The number of Topliss-reactive ketones (excluding diaryl/α,β-unsaturated/α-hetero) is 1. The van der Waals surface area contributed by atoms with Gasteiger partial charge in [-0.05, 0) is 73.7 Å². The first-order valence-corrected chi connectivity index (χ1v) is 13.6. The molecule has 0 fully saturated rings. The van der Waals surface area contributed by atoms with E-state index in [1.165, 1.54) is 6.07 Å². The fourth-order valence-electron chi connectivity index (χ4n) is 4.95. The maximum Gasteiger partial charge on any atom is 0.416 e. The second-order valence-electron chi connectivity index (χ2n) is 11.2. The maximum absolute atomic E-state index is 13.5. The zero-order chi connectivity index (χ0) is 30.1. The van der Waals surface area contributed by atoms with Gasteiger partial charge in [0, 0.05) is 43.2 Å². The van der Waals surface area contributed by atoms with E-state index in [0.29, 0.717) is 46.7 Å². The number of pyridine rings is 1. The normalized spacial score (nSPS) is 13.5. The summed E-state index contributed by atoms with van der Waals surface area (Å²) >= 11 is 0. The molecule has 5 rings (SSSR count). The van der Waals surface area contributed by atoms with Crippen LogP contribution in [0.1, 0.15) is 60.1 Å². The third kappa shape index (κ3) is 6.50. The molecule has 0 saturated heterocycles. The minimum Gasteiger partial charge on any atom is -0.339 e. The minimum atomic E-state index is -4.49. The van der Waals surface area contributed by atoms with E-state index in [2.05, 4.69) is 20.4 Å². The molecule has 4 aromatic rings. The van der Waals surface area contributed by atoms with Crippen molar-refractivity contribution in [3.63, 3.8) is 0 Å². The number of nitrogens with zero attached hydrogens (tertiary/aromatic N) is 4. The second kappa shape index (κ2) is 11.4. The highest BCUT2D eigenvalue weighted by atomic mass is 19.4. The van der Waals surface area contributed by atoms with Crippen LogP contribution < -0.4 is 5.32 Å². The van der Waals surface area contributed by atoms with E-state index in [1.807, 2.05) is 20.8 Å². The minimum absolute atomic E-state index is 0.0629. The number of aromatic nitrogens is 3. The van der Waals surface area contributed by atoms with Gasteiger partial charge >= 0.3 is 12.2 Å². The molecule has 8 nitrogen and oxygen atoms in total. The van der Waals surface area contributed by atoms with E-state index in [9.17, 15) is 22.8 Å². The standard InChI is InChI=1S/C31H30F3N5O3/c1-30(2,3)37-29(41)39-16-14-22-21(19-7-6-8-20(17-19)31(32,33)34)10-11-23(24(22)18-39)26(40)12-13-27-36-28(38-42-27)25-9-4-5-15-35-25/h4-11,15,17H,12-14,16,18H2,1-3H3,(H,37,41). The number of hydrogen-bond donors (Lipinski definition) is 1. The van der Waals surface area contributed by atoms with E-state index in [-0.39, 0.29) is 37.1 Å². The van der Waals surface area contributed by atoms with Crippen molar-refractivity contribution in [2.45, 2.75) is 58.3 Å². The first-order chi connectivity index (χ1) is 19.9. The van der Waals surface area contributed by atoms with Crippen LogP contribution in [0.15, 0.2) is 65.3 Å². The third-order valence-corrected chi connectivity index (χ3v) is 6.91. The molecule has 0 spiro atoms. The van der Waals surface area contributed by atoms with Gasteiger partial charge in [0.1, 0.15) is 5.69 Å². The number of rotatable bonds is 6. The Morgan fingerprint density at radius 2 is 1.83 bits per heavy atom. The fraction of sp³-hybridized carbons (Fsp3) is 0.323. The van der Waals surface area contributed by atoms with Crippen molar-refractivity contribution in [2.24, 2.45) is 0 Å². The van der Waals surface area contributed by atoms with Crippen LogP contribution in [0.4, 0.5) is 18.0 Å². The van der Waals surface area contributed by atoms with Crippen molar-refractivity contribution in [1.82, 2.24) is 25.3 Å². The maximum atomic E-state index is 13.5. The van der Waals surface area contributed by atoms with Gasteiger partial charge in [-0.1, -0.05) is 35.5 Å². The molecule has 1 N–H and O–H groups in total. The Labute approximate surface area is 241 Å². The fourth-order valence-corrected chi connectivity index (χ4v) is 4.95. The van der Waals surface area contributed by atoms with E-state index in [4.69, 9.17) is 4.52 Å². The molecule has 0 unspecified atom stereocenters. The van der Waals surface area contributed by atoms with Crippen LogP contribution in [0, 0.1) is 0 Å². The average Bonchev–Trinajstić information content (AvgIpc) is 3.43. The van der Waals surface area contributed by atoms with Crippen LogP contribution in [-0.4, -0.2) is 43.9 Å². The first-order valence-electron chi connectivity index (χ1n) is 13.6.